The van der Waals surface area contributed by atoms with Crippen molar-refractivity contribution in [1.82, 2.24) is 4.98 Å². The van der Waals surface area contributed by atoms with Crippen molar-refractivity contribution in [2.75, 3.05) is 5.32 Å². The fraction of sp³-hybridized carbons (Fsp3) is 0.400. The fourth-order valence-electron chi connectivity index (χ4n) is 1.31. The number of anilines is 1. The van der Waals surface area contributed by atoms with E-state index in [1.165, 1.54) is 12.6 Å². The van der Waals surface area contributed by atoms with Crippen molar-refractivity contribution < 1.29 is 14.6 Å². The summed E-state index contributed by atoms with van der Waals surface area (Å²) in [6.45, 7) is 0. The Hall–Kier alpha value is -1.78. The average molecular weight is 208 g/mol. The van der Waals surface area contributed by atoms with Crippen molar-refractivity contribution in [3.8, 4) is 5.88 Å². The van der Waals surface area contributed by atoms with Crippen LogP contribution in [0.3, 0.4) is 0 Å². The Kier molecular flexibility index (Phi) is 2.71. The number of ether oxygens (including phenoxy) is 1. The van der Waals surface area contributed by atoms with Crippen LogP contribution in [0.5, 0.6) is 5.88 Å². The van der Waals surface area contributed by atoms with E-state index >= 15 is 0 Å². The summed E-state index contributed by atoms with van der Waals surface area (Å²) in [5.41, 5.74) is 0.448. The van der Waals surface area contributed by atoms with E-state index in [9.17, 15) is 4.79 Å². The van der Waals surface area contributed by atoms with Crippen LogP contribution in [-0.2, 0) is 0 Å². The van der Waals surface area contributed by atoms with Crippen molar-refractivity contribution in [1.29, 1.82) is 0 Å². The zero-order valence-electron chi connectivity index (χ0n) is 8.14. The monoisotopic (exact) mass is 208 g/mol. The molecule has 1 saturated carbocycles. The molecule has 15 heavy (non-hydrogen) atoms. The lowest BCUT2D eigenvalue weighted by Gasteiger charge is -2.25. The van der Waals surface area contributed by atoms with Crippen LogP contribution in [0.15, 0.2) is 18.3 Å². The molecule has 0 unspecified atom stereocenters. The lowest BCUT2D eigenvalue weighted by atomic mass is 9.96. The number of pyridine rings is 1. The summed E-state index contributed by atoms with van der Waals surface area (Å²) < 4.78 is 5.52. The first-order chi connectivity index (χ1) is 7.24. The predicted octanol–water partition coefficient (Wildman–Crippen LogP) is 2.10. The van der Waals surface area contributed by atoms with Crippen LogP contribution >= 0.6 is 0 Å². The zero-order chi connectivity index (χ0) is 10.7. The summed E-state index contributed by atoms with van der Waals surface area (Å²) in [5, 5.41) is 10.7. The van der Waals surface area contributed by atoms with E-state index in [0.717, 1.165) is 12.8 Å². The number of carboxylic acid groups (broad SMARTS) is 1. The van der Waals surface area contributed by atoms with E-state index in [1.54, 1.807) is 12.1 Å². The molecule has 80 valence electrons. The second-order valence-electron chi connectivity index (χ2n) is 3.49. The molecule has 1 heterocycles. The summed E-state index contributed by atoms with van der Waals surface area (Å²) in [5.74, 6) is 0.552. The molecule has 1 aromatic heterocycles. The van der Waals surface area contributed by atoms with Gasteiger partial charge in [-0.15, -0.1) is 0 Å². The van der Waals surface area contributed by atoms with Crippen molar-refractivity contribution in [3.63, 3.8) is 0 Å². The molecule has 0 radical (unpaired) electrons. The molecular weight excluding hydrogens is 196 g/mol. The SMILES string of the molecule is O=C(O)Nc1ccc(OC2CCC2)nc1. The van der Waals surface area contributed by atoms with Gasteiger partial charge in [-0.05, 0) is 25.3 Å². The number of hydrogen-bond acceptors (Lipinski definition) is 3. The van der Waals surface area contributed by atoms with Gasteiger partial charge < -0.3 is 9.84 Å². The van der Waals surface area contributed by atoms with E-state index in [1.807, 2.05) is 0 Å². The highest BCUT2D eigenvalue weighted by Gasteiger charge is 2.19. The summed E-state index contributed by atoms with van der Waals surface area (Å²) in [4.78, 5) is 14.3. The van der Waals surface area contributed by atoms with Crippen molar-refractivity contribution in [2.24, 2.45) is 0 Å². The smallest absolute Gasteiger partial charge is 0.409 e. The third-order valence-electron chi connectivity index (χ3n) is 2.33. The highest BCUT2D eigenvalue weighted by molar-refractivity contribution is 5.82. The lowest BCUT2D eigenvalue weighted by molar-refractivity contribution is 0.114. The Labute approximate surface area is 87.1 Å². The second kappa shape index (κ2) is 4.16. The molecule has 5 heteroatoms. The topological polar surface area (TPSA) is 71.5 Å². The first-order valence-electron chi connectivity index (χ1n) is 4.87. The number of nitrogens with one attached hydrogen (secondary N) is 1. The predicted molar refractivity (Wildman–Crippen MR) is 54.2 cm³/mol. The number of amides is 1. The average Bonchev–Trinajstić information content (AvgIpc) is 2.13. The lowest BCUT2D eigenvalue weighted by Crippen LogP contribution is -2.24. The summed E-state index contributed by atoms with van der Waals surface area (Å²) in [6.07, 6.45) is 4.01. The molecule has 0 aliphatic heterocycles. The van der Waals surface area contributed by atoms with Crippen molar-refractivity contribution >= 4 is 11.8 Å². The third kappa shape index (κ3) is 2.59. The van der Waals surface area contributed by atoms with Gasteiger partial charge in [0.2, 0.25) is 5.88 Å². The van der Waals surface area contributed by atoms with Gasteiger partial charge in [0, 0.05) is 6.07 Å². The van der Waals surface area contributed by atoms with Crippen LogP contribution in [-0.4, -0.2) is 22.3 Å². The van der Waals surface area contributed by atoms with Gasteiger partial charge >= 0.3 is 6.09 Å². The van der Waals surface area contributed by atoms with Crippen molar-refractivity contribution in [3.05, 3.63) is 18.3 Å². The van der Waals surface area contributed by atoms with Gasteiger partial charge in [-0.25, -0.2) is 9.78 Å². The van der Waals surface area contributed by atoms with Crippen LogP contribution in [0, 0.1) is 0 Å². The molecule has 2 rings (SSSR count). The number of hydrogen-bond donors (Lipinski definition) is 2. The molecule has 0 atom stereocenters. The Morgan fingerprint density at radius 3 is 2.80 bits per heavy atom. The van der Waals surface area contributed by atoms with Crippen LogP contribution in [0.1, 0.15) is 19.3 Å². The van der Waals surface area contributed by atoms with Gasteiger partial charge in [-0.1, -0.05) is 0 Å². The molecule has 0 bridgehead atoms. The highest BCUT2D eigenvalue weighted by atomic mass is 16.5. The maximum absolute atomic E-state index is 10.3. The second-order valence-corrected chi connectivity index (χ2v) is 3.49. The Morgan fingerprint density at radius 2 is 2.33 bits per heavy atom. The van der Waals surface area contributed by atoms with Gasteiger partial charge in [-0.3, -0.25) is 5.32 Å². The minimum Gasteiger partial charge on any atom is -0.474 e. The standard InChI is InChI=1S/C10H12N2O3/c13-10(14)12-7-4-5-9(11-6-7)15-8-2-1-3-8/h4-6,8,12H,1-3H2,(H,13,14). The number of rotatable bonds is 3. The van der Waals surface area contributed by atoms with E-state index in [4.69, 9.17) is 9.84 Å². The molecule has 1 aliphatic rings. The molecule has 1 aromatic rings. The van der Waals surface area contributed by atoms with Gasteiger partial charge in [0.1, 0.15) is 6.10 Å². The maximum atomic E-state index is 10.3. The Balaban J connectivity index is 1.93. The van der Waals surface area contributed by atoms with Crippen LogP contribution in [0.4, 0.5) is 10.5 Å². The van der Waals surface area contributed by atoms with Gasteiger partial charge in [0.05, 0.1) is 11.9 Å². The zero-order valence-corrected chi connectivity index (χ0v) is 8.14. The van der Waals surface area contributed by atoms with E-state index in [2.05, 4.69) is 10.3 Å². The largest absolute Gasteiger partial charge is 0.474 e. The maximum Gasteiger partial charge on any atom is 0.409 e. The third-order valence-corrected chi connectivity index (χ3v) is 2.33. The minimum absolute atomic E-state index is 0.288. The molecule has 2 N–H and O–H groups in total. The first kappa shape index (κ1) is 9.76. The molecule has 0 spiro atoms. The van der Waals surface area contributed by atoms with Crippen LogP contribution in [0.25, 0.3) is 0 Å². The summed E-state index contributed by atoms with van der Waals surface area (Å²) >= 11 is 0. The van der Waals surface area contributed by atoms with E-state index in [0.29, 0.717) is 11.6 Å². The Bertz CT molecular complexity index is 346. The number of aromatic nitrogens is 1. The molecular formula is C10H12N2O3. The summed E-state index contributed by atoms with van der Waals surface area (Å²) in [7, 11) is 0. The molecule has 5 nitrogen and oxygen atoms in total. The highest BCUT2D eigenvalue weighted by Crippen LogP contribution is 2.24. The quantitative estimate of drug-likeness (QED) is 0.797. The number of nitrogens with zero attached hydrogens (tertiary/aromatic N) is 1. The minimum atomic E-state index is -1.09. The molecule has 0 saturated heterocycles. The normalized spacial score (nSPS) is 15.5. The van der Waals surface area contributed by atoms with Crippen molar-refractivity contribution in [2.45, 2.75) is 25.4 Å². The van der Waals surface area contributed by atoms with E-state index < -0.39 is 6.09 Å². The Morgan fingerprint density at radius 1 is 1.53 bits per heavy atom. The molecule has 1 fully saturated rings. The first-order valence-corrected chi connectivity index (χ1v) is 4.87. The summed E-state index contributed by atoms with van der Waals surface area (Å²) in [6, 6.07) is 3.30. The number of carbonyl (C=O) groups is 1. The van der Waals surface area contributed by atoms with Gasteiger partial charge in [0.15, 0.2) is 0 Å². The molecule has 1 amide bonds. The van der Waals surface area contributed by atoms with Crippen LogP contribution < -0.4 is 10.1 Å². The van der Waals surface area contributed by atoms with Gasteiger partial charge in [-0.2, -0.15) is 0 Å². The molecule has 1 aliphatic carbocycles. The molecule has 0 aromatic carbocycles. The van der Waals surface area contributed by atoms with Crippen LogP contribution in [0.2, 0.25) is 0 Å². The van der Waals surface area contributed by atoms with Gasteiger partial charge in [0.25, 0.3) is 0 Å². The fourth-order valence-corrected chi connectivity index (χ4v) is 1.31. The van der Waals surface area contributed by atoms with E-state index in [-0.39, 0.29) is 6.10 Å².